The van der Waals surface area contributed by atoms with Crippen LogP contribution in [0.15, 0.2) is 0 Å². The second kappa shape index (κ2) is 7.71. The van der Waals surface area contributed by atoms with Gasteiger partial charge in [0.25, 0.3) is 5.09 Å². The molecule has 2 unspecified atom stereocenters. The second-order valence-corrected chi connectivity index (χ2v) is 7.30. The Morgan fingerprint density at radius 1 is 1.44 bits per heavy atom. The van der Waals surface area contributed by atoms with Crippen molar-refractivity contribution in [2.45, 2.75) is 75.1 Å². The lowest BCUT2D eigenvalue weighted by Gasteiger charge is -2.39. The summed E-state index contributed by atoms with van der Waals surface area (Å²) >= 11 is 0. The first-order valence-electron chi connectivity index (χ1n) is 8.88. The molecule has 3 N–H and O–H groups in total. The molecule has 6 atom stereocenters. The Morgan fingerprint density at radius 2 is 2.24 bits per heavy atom. The molecule has 3 fully saturated rings. The van der Waals surface area contributed by atoms with Gasteiger partial charge in [0, 0.05) is 5.92 Å². The van der Waals surface area contributed by atoms with Crippen LogP contribution in [-0.4, -0.2) is 63.8 Å². The van der Waals surface area contributed by atoms with Crippen molar-refractivity contribution in [3.05, 3.63) is 16.0 Å². The van der Waals surface area contributed by atoms with Crippen molar-refractivity contribution in [3.63, 3.8) is 0 Å². The van der Waals surface area contributed by atoms with Crippen molar-refractivity contribution >= 4 is 0 Å². The minimum atomic E-state index is -1.39. The Labute approximate surface area is 146 Å². The summed E-state index contributed by atoms with van der Waals surface area (Å²) in [4.78, 5) is 14.3. The van der Waals surface area contributed by atoms with Crippen LogP contribution < -0.4 is 0 Å². The third-order valence-corrected chi connectivity index (χ3v) is 5.60. The van der Waals surface area contributed by atoms with E-state index in [1.807, 2.05) is 0 Å². The number of fused-ring (bicyclic) bond motifs is 1. The molecule has 0 bridgehead atoms. The fraction of sp³-hybridized carbons (Fsp3) is 0.938. The third-order valence-electron chi connectivity index (χ3n) is 5.60. The Morgan fingerprint density at radius 3 is 3.00 bits per heavy atom. The zero-order valence-electron chi connectivity index (χ0n) is 14.1. The molecule has 0 aromatic heterocycles. The number of nitrogens with zero attached hydrogens (tertiary/aromatic N) is 1. The molecule has 2 saturated heterocycles. The highest BCUT2D eigenvalue weighted by Gasteiger charge is 2.59. The van der Waals surface area contributed by atoms with Gasteiger partial charge >= 0.3 is 0 Å². The van der Waals surface area contributed by atoms with Gasteiger partial charge in [-0.2, -0.15) is 0 Å². The van der Waals surface area contributed by atoms with Gasteiger partial charge in [0.15, 0.2) is 0 Å². The molecule has 0 aromatic rings. The van der Waals surface area contributed by atoms with Crippen molar-refractivity contribution in [2.75, 3.05) is 13.2 Å². The first kappa shape index (κ1) is 18.8. The molecule has 25 heavy (non-hydrogen) atoms. The smallest absolute Gasteiger partial charge is 0.297 e. The molecule has 9 heteroatoms. The molecule has 0 amide bonds. The van der Waals surface area contributed by atoms with Crippen molar-refractivity contribution in [3.8, 4) is 0 Å². The zero-order chi connectivity index (χ0) is 18.0. The number of ether oxygens (including phenoxy) is 2. The van der Waals surface area contributed by atoms with Crippen LogP contribution in [0.4, 0.5) is 0 Å². The van der Waals surface area contributed by atoms with Crippen molar-refractivity contribution in [2.24, 2.45) is 5.92 Å². The molecular formula is C16H26NO8. The summed E-state index contributed by atoms with van der Waals surface area (Å²) in [5.41, 5.74) is -1.14. The highest BCUT2D eigenvalue weighted by atomic mass is 17.0. The van der Waals surface area contributed by atoms with Crippen LogP contribution in [0.25, 0.3) is 0 Å². The van der Waals surface area contributed by atoms with Gasteiger partial charge in [0.1, 0.15) is 23.9 Å². The van der Waals surface area contributed by atoms with Crippen LogP contribution in [0.5, 0.6) is 0 Å². The predicted octanol–water partition coefficient (Wildman–Crippen LogP) is 0.338. The monoisotopic (exact) mass is 360 g/mol. The standard InChI is InChI=1S/C16H26NO8/c18-12-8-23-15-14(12)24-9-16(15,20)11-5-1-3-10(7-11)4-2-6-13(19)25-17(21)22/h10,12-15,18-20H,1-9H2/t10?,12-,13?,14-,15+,16+/m1/s1. The Hall–Kier alpha value is -1.00. The molecule has 1 radical (unpaired) electrons. The van der Waals surface area contributed by atoms with E-state index in [4.69, 9.17) is 9.47 Å². The molecule has 3 aliphatic rings. The summed E-state index contributed by atoms with van der Waals surface area (Å²) in [6, 6.07) is 0. The Kier molecular flexibility index (Phi) is 5.79. The van der Waals surface area contributed by atoms with Gasteiger partial charge < -0.3 is 24.8 Å². The van der Waals surface area contributed by atoms with E-state index in [0.29, 0.717) is 12.3 Å². The van der Waals surface area contributed by atoms with Gasteiger partial charge in [-0.3, -0.25) is 4.84 Å². The minimum Gasteiger partial charge on any atom is -0.388 e. The average molecular weight is 360 g/mol. The normalized spacial score (nSPS) is 40.0. The van der Waals surface area contributed by atoms with E-state index < -0.39 is 35.3 Å². The summed E-state index contributed by atoms with van der Waals surface area (Å²) < 4.78 is 11.2. The number of hydrogen-bond donors (Lipinski definition) is 3. The third kappa shape index (κ3) is 4.06. The van der Waals surface area contributed by atoms with Crippen LogP contribution in [0.3, 0.4) is 0 Å². The fourth-order valence-corrected chi connectivity index (χ4v) is 4.34. The van der Waals surface area contributed by atoms with E-state index in [2.05, 4.69) is 4.84 Å². The highest BCUT2D eigenvalue weighted by Crippen LogP contribution is 2.47. The van der Waals surface area contributed by atoms with E-state index in [9.17, 15) is 25.4 Å². The maximum Gasteiger partial charge on any atom is 0.297 e. The van der Waals surface area contributed by atoms with E-state index in [-0.39, 0.29) is 19.6 Å². The molecule has 143 valence electrons. The molecule has 1 aliphatic carbocycles. The summed E-state index contributed by atoms with van der Waals surface area (Å²) in [6.45, 7) is 0.333. The lowest BCUT2D eigenvalue weighted by molar-refractivity contribution is -0.780. The van der Waals surface area contributed by atoms with E-state index in [0.717, 1.165) is 38.0 Å². The number of hydrogen-bond acceptors (Lipinski definition) is 8. The van der Waals surface area contributed by atoms with Crippen LogP contribution in [0.1, 0.15) is 44.9 Å². The van der Waals surface area contributed by atoms with E-state index in [1.165, 1.54) is 0 Å². The maximum atomic E-state index is 11.1. The second-order valence-electron chi connectivity index (χ2n) is 7.30. The van der Waals surface area contributed by atoms with Crippen LogP contribution in [-0.2, 0) is 14.3 Å². The van der Waals surface area contributed by atoms with Gasteiger partial charge in [-0.25, -0.2) is 0 Å². The van der Waals surface area contributed by atoms with Gasteiger partial charge in [-0.05, 0) is 31.6 Å². The van der Waals surface area contributed by atoms with Gasteiger partial charge in [0.2, 0.25) is 6.29 Å². The van der Waals surface area contributed by atoms with Crippen LogP contribution in [0.2, 0.25) is 0 Å². The van der Waals surface area contributed by atoms with E-state index >= 15 is 0 Å². The number of aliphatic hydroxyl groups excluding tert-OH is 2. The van der Waals surface area contributed by atoms with Crippen molar-refractivity contribution in [1.29, 1.82) is 0 Å². The molecule has 3 rings (SSSR count). The van der Waals surface area contributed by atoms with Gasteiger partial charge in [-0.15, -0.1) is 10.1 Å². The predicted molar refractivity (Wildman–Crippen MR) is 83.6 cm³/mol. The molecule has 2 aliphatic heterocycles. The molecule has 9 nitrogen and oxygen atoms in total. The number of rotatable bonds is 7. The van der Waals surface area contributed by atoms with Crippen LogP contribution >= 0.6 is 0 Å². The minimum absolute atomic E-state index is 0.150. The SMILES string of the molecule is O=[N+]([O-])OC(O)CCCC1CCC[C]([C@@]2(O)CO[C@@H]3[C@H](O)CO[C@@H]32)C1. The molecule has 1 saturated carbocycles. The van der Waals surface area contributed by atoms with Crippen molar-refractivity contribution < 1.29 is 34.7 Å². The fourth-order valence-electron chi connectivity index (χ4n) is 4.34. The summed E-state index contributed by atoms with van der Waals surface area (Å²) in [7, 11) is 0. The van der Waals surface area contributed by atoms with E-state index in [1.54, 1.807) is 0 Å². The first-order valence-corrected chi connectivity index (χ1v) is 8.88. The van der Waals surface area contributed by atoms with Crippen LogP contribution in [0, 0.1) is 22.0 Å². The average Bonchev–Trinajstić information content (AvgIpc) is 3.09. The lowest BCUT2D eigenvalue weighted by atomic mass is 9.70. The quantitative estimate of drug-likeness (QED) is 0.336. The molecule has 0 spiro atoms. The zero-order valence-corrected chi connectivity index (χ0v) is 14.1. The van der Waals surface area contributed by atoms with Gasteiger partial charge in [0.05, 0.1) is 13.2 Å². The van der Waals surface area contributed by atoms with Gasteiger partial charge in [-0.1, -0.05) is 19.3 Å². The summed E-state index contributed by atoms with van der Waals surface area (Å²) in [5.74, 6) is 1.35. The van der Waals surface area contributed by atoms with Crippen molar-refractivity contribution in [1.82, 2.24) is 0 Å². The lowest BCUT2D eigenvalue weighted by Crippen LogP contribution is -2.50. The first-order chi connectivity index (χ1) is 11.9. The summed E-state index contributed by atoms with van der Waals surface area (Å²) in [5, 5.41) is 39.5. The molecule has 0 aromatic carbocycles. The Balaban J connectivity index is 1.49. The highest BCUT2D eigenvalue weighted by molar-refractivity contribution is 5.20. The molecular weight excluding hydrogens is 334 g/mol. The summed E-state index contributed by atoms with van der Waals surface area (Å²) in [6.07, 6.45) is 2.10. The topological polar surface area (TPSA) is 132 Å². The Bertz CT molecular complexity index is 477. The number of aliphatic hydroxyl groups is 3. The largest absolute Gasteiger partial charge is 0.388 e. The molecule has 2 heterocycles. The maximum absolute atomic E-state index is 11.1.